The molecule has 0 saturated carbocycles. The second kappa shape index (κ2) is 6.85. The van der Waals surface area contributed by atoms with E-state index in [4.69, 9.17) is 4.42 Å². The van der Waals surface area contributed by atoms with Crippen LogP contribution in [0.5, 0.6) is 0 Å². The Morgan fingerprint density at radius 2 is 1.93 bits per heavy atom. The van der Waals surface area contributed by atoms with Crippen LogP contribution in [0.3, 0.4) is 0 Å². The molecule has 5 rings (SSSR count). The maximum atomic E-state index is 13.4. The molecule has 0 fully saturated rings. The Hall–Kier alpha value is -3.37. The summed E-state index contributed by atoms with van der Waals surface area (Å²) in [5.41, 5.74) is 0.625. The molecule has 0 aliphatic carbocycles. The predicted octanol–water partition coefficient (Wildman–Crippen LogP) is 4.67. The molecule has 148 valence electrons. The van der Waals surface area contributed by atoms with Crippen LogP contribution >= 0.6 is 27.3 Å². The molecule has 2 aromatic heterocycles. The monoisotopic (exact) mass is 483 g/mol. The minimum atomic E-state index is -0.806. The molecule has 0 bridgehead atoms. The predicted molar refractivity (Wildman–Crippen MR) is 114 cm³/mol. The maximum absolute atomic E-state index is 13.4. The minimum Gasteiger partial charge on any atom is -0.450 e. The Labute approximate surface area is 180 Å². The molecule has 0 spiro atoms. The van der Waals surface area contributed by atoms with Gasteiger partial charge in [0.2, 0.25) is 5.76 Å². The van der Waals surface area contributed by atoms with Crippen LogP contribution in [0, 0.1) is 10.1 Å². The highest BCUT2D eigenvalue weighted by Crippen LogP contribution is 2.42. The smallest absolute Gasteiger partial charge is 0.297 e. The van der Waals surface area contributed by atoms with E-state index in [1.165, 1.54) is 40.5 Å². The quantitative estimate of drug-likeness (QED) is 0.309. The Balaban J connectivity index is 1.79. The van der Waals surface area contributed by atoms with Gasteiger partial charge in [-0.15, -0.1) is 11.3 Å². The summed E-state index contributed by atoms with van der Waals surface area (Å²) < 4.78 is 6.55. The molecule has 4 aromatic rings. The van der Waals surface area contributed by atoms with Crippen molar-refractivity contribution in [1.82, 2.24) is 4.98 Å². The van der Waals surface area contributed by atoms with Gasteiger partial charge in [0.25, 0.3) is 11.6 Å². The van der Waals surface area contributed by atoms with Gasteiger partial charge in [-0.1, -0.05) is 15.9 Å². The number of thiazole rings is 1. The number of halogens is 1. The van der Waals surface area contributed by atoms with Crippen molar-refractivity contribution in [2.75, 3.05) is 4.90 Å². The first-order chi connectivity index (χ1) is 14.5. The highest BCUT2D eigenvalue weighted by atomic mass is 79.9. The van der Waals surface area contributed by atoms with E-state index >= 15 is 0 Å². The van der Waals surface area contributed by atoms with Gasteiger partial charge < -0.3 is 4.42 Å². The minimum absolute atomic E-state index is 0.0478. The highest BCUT2D eigenvalue weighted by molar-refractivity contribution is 9.10. The lowest BCUT2D eigenvalue weighted by Crippen LogP contribution is -2.29. The number of anilines is 1. The van der Waals surface area contributed by atoms with Crippen molar-refractivity contribution in [3.63, 3.8) is 0 Å². The molecule has 1 amide bonds. The number of nitro groups is 1. The maximum Gasteiger partial charge on any atom is 0.297 e. The number of nitro benzene ring substituents is 1. The van der Waals surface area contributed by atoms with Crippen molar-refractivity contribution in [3.8, 4) is 0 Å². The normalized spacial score (nSPS) is 15.6. The molecule has 0 N–H and O–H groups in total. The molecule has 1 aliphatic heterocycles. The summed E-state index contributed by atoms with van der Waals surface area (Å²) >= 11 is 4.60. The average molecular weight is 484 g/mol. The van der Waals surface area contributed by atoms with Crippen molar-refractivity contribution in [2.45, 2.75) is 6.04 Å². The van der Waals surface area contributed by atoms with E-state index in [-0.39, 0.29) is 22.4 Å². The van der Waals surface area contributed by atoms with Gasteiger partial charge >= 0.3 is 0 Å². The summed E-state index contributed by atoms with van der Waals surface area (Å²) in [4.78, 5) is 42.8. The summed E-state index contributed by atoms with van der Waals surface area (Å²) in [6.07, 6.45) is 1.56. The summed E-state index contributed by atoms with van der Waals surface area (Å²) in [7, 11) is 0. The van der Waals surface area contributed by atoms with E-state index in [1.807, 2.05) is 0 Å². The summed E-state index contributed by atoms with van der Waals surface area (Å²) in [6, 6.07) is 9.95. The lowest BCUT2D eigenvalue weighted by Gasteiger charge is -2.22. The van der Waals surface area contributed by atoms with Crippen LogP contribution in [-0.4, -0.2) is 15.8 Å². The number of hydrogen-bond donors (Lipinski definition) is 0. The van der Waals surface area contributed by atoms with Crippen molar-refractivity contribution >= 4 is 55.0 Å². The van der Waals surface area contributed by atoms with Crippen molar-refractivity contribution in [2.24, 2.45) is 0 Å². The van der Waals surface area contributed by atoms with Gasteiger partial charge in [-0.3, -0.25) is 24.6 Å². The summed E-state index contributed by atoms with van der Waals surface area (Å²) in [5.74, 6) is -0.529. The number of rotatable bonds is 3. The zero-order valence-electron chi connectivity index (χ0n) is 14.9. The highest BCUT2D eigenvalue weighted by Gasteiger charge is 2.44. The number of non-ortho nitro benzene ring substituents is 1. The molecular weight excluding hydrogens is 474 g/mol. The van der Waals surface area contributed by atoms with Gasteiger partial charge in [0.05, 0.1) is 21.9 Å². The largest absolute Gasteiger partial charge is 0.450 e. The van der Waals surface area contributed by atoms with Crippen LogP contribution in [0.25, 0.3) is 11.0 Å². The Kier molecular flexibility index (Phi) is 4.26. The second-order valence-corrected chi connectivity index (χ2v) is 8.34. The molecule has 0 radical (unpaired) electrons. The van der Waals surface area contributed by atoms with E-state index in [0.717, 1.165) is 0 Å². The fourth-order valence-corrected chi connectivity index (χ4v) is 4.60. The SMILES string of the molecule is O=C1c2oc3ccc(Br)cc3c(=O)c2C(c2ccc([N+](=O)[O-])cc2)N1c1nccs1. The van der Waals surface area contributed by atoms with Crippen molar-refractivity contribution in [3.05, 3.63) is 95.7 Å². The van der Waals surface area contributed by atoms with E-state index in [0.29, 0.717) is 26.1 Å². The van der Waals surface area contributed by atoms with E-state index < -0.39 is 16.9 Å². The molecule has 1 aliphatic rings. The van der Waals surface area contributed by atoms with E-state index in [2.05, 4.69) is 20.9 Å². The van der Waals surface area contributed by atoms with Crippen LogP contribution < -0.4 is 10.3 Å². The van der Waals surface area contributed by atoms with Crippen molar-refractivity contribution < 1.29 is 14.1 Å². The van der Waals surface area contributed by atoms with Gasteiger partial charge in [0.15, 0.2) is 10.6 Å². The lowest BCUT2D eigenvalue weighted by molar-refractivity contribution is -0.384. The Morgan fingerprint density at radius 1 is 1.17 bits per heavy atom. The van der Waals surface area contributed by atoms with Gasteiger partial charge in [-0.05, 0) is 35.9 Å². The molecule has 2 aromatic carbocycles. The number of fused-ring (bicyclic) bond motifs is 2. The Bertz CT molecular complexity index is 1380. The molecule has 30 heavy (non-hydrogen) atoms. The van der Waals surface area contributed by atoms with Crippen molar-refractivity contribution in [1.29, 1.82) is 0 Å². The summed E-state index contributed by atoms with van der Waals surface area (Å²) in [6.45, 7) is 0. The summed E-state index contributed by atoms with van der Waals surface area (Å²) in [5, 5.41) is 13.5. The van der Waals surface area contributed by atoms with Gasteiger partial charge in [0.1, 0.15) is 5.58 Å². The number of hydrogen-bond acceptors (Lipinski definition) is 7. The number of amides is 1. The molecular formula is C20H10BrN3O5S. The number of nitrogens with zero attached hydrogens (tertiary/aromatic N) is 3. The van der Waals surface area contributed by atoms with Crippen LogP contribution in [0.2, 0.25) is 0 Å². The first-order valence-corrected chi connectivity index (χ1v) is 10.4. The number of aromatic nitrogens is 1. The van der Waals surface area contributed by atoms with E-state index in [1.54, 1.807) is 29.8 Å². The third-order valence-electron chi connectivity index (χ3n) is 4.88. The third-order valence-corrected chi connectivity index (χ3v) is 6.14. The third kappa shape index (κ3) is 2.76. The van der Waals surface area contributed by atoms with Crippen LogP contribution in [0.15, 0.2) is 67.7 Å². The zero-order chi connectivity index (χ0) is 21.0. The molecule has 1 atom stereocenters. The molecule has 1 unspecified atom stereocenters. The standard InChI is InChI=1S/C20H10BrN3O5S/c21-11-3-6-14-13(9-11)17(25)15-16(10-1-4-12(5-2-10)24(27)28)23(19(26)18(15)29-14)20-22-7-8-30-20/h1-9,16H. The Morgan fingerprint density at radius 3 is 2.60 bits per heavy atom. The first-order valence-electron chi connectivity index (χ1n) is 8.69. The molecule has 8 nitrogen and oxygen atoms in total. The molecule has 0 saturated heterocycles. The fourth-order valence-electron chi connectivity index (χ4n) is 3.57. The van der Waals surface area contributed by atoms with Crippen LogP contribution in [0.4, 0.5) is 10.8 Å². The second-order valence-electron chi connectivity index (χ2n) is 6.56. The first kappa shape index (κ1) is 18.6. The van der Waals surface area contributed by atoms with Gasteiger partial charge in [-0.25, -0.2) is 4.98 Å². The number of carbonyl (C=O) groups is 1. The van der Waals surface area contributed by atoms with Gasteiger partial charge in [-0.2, -0.15) is 0 Å². The van der Waals surface area contributed by atoms with Crippen LogP contribution in [-0.2, 0) is 0 Å². The number of carbonyl (C=O) groups excluding carboxylic acids is 1. The average Bonchev–Trinajstić information content (AvgIpc) is 3.35. The van der Waals surface area contributed by atoms with Crippen LogP contribution in [0.1, 0.15) is 27.7 Å². The topological polar surface area (TPSA) is 107 Å². The molecule has 10 heteroatoms. The zero-order valence-corrected chi connectivity index (χ0v) is 17.3. The lowest BCUT2D eigenvalue weighted by atomic mass is 9.98. The molecule has 3 heterocycles. The van der Waals surface area contributed by atoms with E-state index in [9.17, 15) is 19.7 Å². The fraction of sp³-hybridized carbons (Fsp3) is 0.0500. The van der Waals surface area contributed by atoms with Gasteiger partial charge in [0, 0.05) is 28.2 Å². The number of benzene rings is 2.